The first-order chi connectivity index (χ1) is 9.94. The third kappa shape index (κ3) is 3.81. The van der Waals surface area contributed by atoms with Gasteiger partial charge >= 0.3 is 5.97 Å². The van der Waals surface area contributed by atoms with Crippen molar-refractivity contribution in [3.63, 3.8) is 0 Å². The first-order valence-corrected chi connectivity index (χ1v) is 8.29. The number of hydrogen-bond donors (Lipinski definition) is 1. The molecule has 1 aliphatic rings. The molecule has 0 amide bonds. The molecular weight excluding hydrogens is 294 g/mol. The summed E-state index contributed by atoms with van der Waals surface area (Å²) in [6.07, 6.45) is 3.71. The van der Waals surface area contributed by atoms with Crippen LogP contribution in [0.25, 0.3) is 0 Å². The normalized spacial score (nSPS) is 16.1. The summed E-state index contributed by atoms with van der Waals surface area (Å²) in [7, 11) is -2.57. The van der Waals surface area contributed by atoms with Crippen molar-refractivity contribution >= 4 is 16.0 Å². The van der Waals surface area contributed by atoms with Gasteiger partial charge in [-0.2, -0.15) is 0 Å². The number of nitrogens with one attached hydrogen (secondary N) is 1. The van der Waals surface area contributed by atoms with Gasteiger partial charge in [-0.1, -0.05) is 23.8 Å². The van der Waals surface area contributed by atoms with Crippen molar-refractivity contribution in [1.29, 1.82) is 0 Å². The Morgan fingerprint density at radius 3 is 2.57 bits per heavy atom. The number of benzene rings is 1. The molecule has 6 nitrogen and oxygen atoms in total. The van der Waals surface area contributed by atoms with Crippen LogP contribution in [0.15, 0.2) is 23.1 Å². The monoisotopic (exact) mass is 313 g/mol. The molecule has 116 valence electrons. The van der Waals surface area contributed by atoms with Gasteiger partial charge in [-0.15, -0.1) is 0 Å². The Balaban J connectivity index is 2.19. The lowest BCUT2D eigenvalue weighted by Gasteiger charge is -2.14. The summed E-state index contributed by atoms with van der Waals surface area (Å²) in [6, 6.07) is 4.38. The van der Waals surface area contributed by atoms with Gasteiger partial charge in [0.15, 0.2) is 0 Å². The van der Waals surface area contributed by atoms with Crippen LogP contribution in [0.5, 0.6) is 0 Å². The summed E-state index contributed by atoms with van der Waals surface area (Å²) in [5.74, 6) is -0.580. The van der Waals surface area contributed by atoms with Gasteiger partial charge in [0.05, 0.1) is 23.7 Å². The lowest BCUT2D eigenvalue weighted by molar-refractivity contribution is 0.0223. The molecular formula is C14H19NO5S. The van der Waals surface area contributed by atoms with E-state index in [1.54, 1.807) is 13.0 Å². The van der Waals surface area contributed by atoms with Gasteiger partial charge in [0.25, 0.3) is 10.0 Å². The lowest BCUT2D eigenvalue weighted by atomic mass is 10.1. The predicted molar refractivity (Wildman–Crippen MR) is 76.2 cm³/mol. The Labute approximate surface area is 124 Å². The number of aryl methyl sites for hydroxylation is 1. The second kappa shape index (κ2) is 6.55. The van der Waals surface area contributed by atoms with E-state index in [-0.39, 0.29) is 16.6 Å². The van der Waals surface area contributed by atoms with Gasteiger partial charge in [-0.3, -0.25) is 4.84 Å². The van der Waals surface area contributed by atoms with Crippen molar-refractivity contribution in [1.82, 2.24) is 4.89 Å². The van der Waals surface area contributed by atoms with Crippen LogP contribution in [0.3, 0.4) is 0 Å². The molecule has 0 atom stereocenters. The van der Waals surface area contributed by atoms with Crippen LogP contribution < -0.4 is 4.89 Å². The number of sulfonamides is 1. The molecule has 0 heterocycles. The van der Waals surface area contributed by atoms with E-state index in [0.29, 0.717) is 5.56 Å². The molecule has 1 fully saturated rings. The first kappa shape index (κ1) is 15.9. The number of methoxy groups -OCH3 is 1. The second-order valence-corrected chi connectivity index (χ2v) is 6.70. The summed E-state index contributed by atoms with van der Waals surface area (Å²) < 4.78 is 29.2. The maximum Gasteiger partial charge on any atom is 0.337 e. The largest absolute Gasteiger partial charge is 0.465 e. The smallest absolute Gasteiger partial charge is 0.337 e. The van der Waals surface area contributed by atoms with Crippen LogP contribution in [-0.4, -0.2) is 27.6 Å². The molecule has 1 N–H and O–H groups in total. The van der Waals surface area contributed by atoms with Crippen molar-refractivity contribution in [2.24, 2.45) is 0 Å². The van der Waals surface area contributed by atoms with Gasteiger partial charge < -0.3 is 4.74 Å². The fraction of sp³-hybridized carbons (Fsp3) is 0.500. The van der Waals surface area contributed by atoms with Crippen LogP contribution in [0.2, 0.25) is 0 Å². The van der Waals surface area contributed by atoms with E-state index in [2.05, 4.69) is 9.62 Å². The molecule has 2 rings (SSSR count). The average molecular weight is 313 g/mol. The van der Waals surface area contributed by atoms with Crippen molar-refractivity contribution in [2.45, 2.75) is 43.6 Å². The minimum absolute atomic E-state index is 0.0170. The van der Waals surface area contributed by atoms with Gasteiger partial charge in [-0.05, 0) is 37.5 Å². The fourth-order valence-corrected chi connectivity index (χ4v) is 3.44. The van der Waals surface area contributed by atoms with Crippen LogP contribution in [-0.2, 0) is 19.6 Å². The number of ether oxygens (including phenoxy) is 1. The van der Waals surface area contributed by atoms with E-state index in [1.165, 1.54) is 19.2 Å². The highest BCUT2D eigenvalue weighted by Gasteiger charge is 2.23. The zero-order valence-electron chi connectivity index (χ0n) is 12.1. The zero-order valence-corrected chi connectivity index (χ0v) is 12.9. The molecule has 1 saturated carbocycles. The molecule has 1 aliphatic carbocycles. The van der Waals surface area contributed by atoms with E-state index >= 15 is 0 Å². The van der Waals surface area contributed by atoms with E-state index < -0.39 is 16.0 Å². The standard InChI is InChI=1S/C14H19NO5S/c1-10-7-8-11(14(16)19-2)9-13(10)21(17,18)15-20-12-5-3-4-6-12/h7-9,12,15H,3-6H2,1-2H3. The third-order valence-electron chi connectivity index (χ3n) is 3.53. The van der Waals surface area contributed by atoms with Crippen LogP contribution >= 0.6 is 0 Å². The van der Waals surface area contributed by atoms with Crippen molar-refractivity contribution in [3.8, 4) is 0 Å². The maximum absolute atomic E-state index is 12.3. The minimum Gasteiger partial charge on any atom is -0.465 e. The Kier molecular flexibility index (Phi) is 4.97. The van der Waals surface area contributed by atoms with E-state index in [1.807, 2.05) is 0 Å². The molecule has 0 aromatic heterocycles. The first-order valence-electron chi connectivity index (χ1n) is 6.80. The SMILES string of the molecule is COC(=O)c1ccc(C)c(S(=O)(=O)NOC2CCCC2)c1. The zero-order chi connectivity index (χ0) is 15.5. The molecule has 0 radical (unpaired) electrons. The van der Waals surface area contributed by atoms with Gasteiger partial charge in [0, 0.05) is 0 Å². The molecule has 7 heteroatoms. The molecule has 1 aromatic rings. The summed E-state index contributed by atoms with van der Waals surface area (Å²) in [4.78, 5) is 18.9. The van der Waals surface area contributed by atoms with Crippen molar-refractivity contribution in [3.05, 3.63) is 29.3 Å². The number of rotatable bonds is 5. The highest BCUT2D eigenvalue weighted by Crippen LogP contribution is 2.22. The topological polar surface area (TPSA) is 81.7 Å². The quantitative estimate of drug-likeness (QED) is 0.663. The number of carbonyl (C=O) groups excluding carboxylic acids is 1. The van der Waals surface area contributed by atoms with E-state index in [4.69, 9.17) is 4.84 Å². The average Bonchev–Trinajstić information content (AvgIpc) is 2.98. The van der Waals surface area contributed by atoms with Gasteiger partial charge in [0.1, 0.15) is 0 Å². The Hall–Kier alpha value is -1.44. The molecule has 0 bridgehead atoms. The Bertz CT molecular complexity index is 620. The Morgan fingerprint density at radius 1 is 1.29 bits per heavy atom. The second-order valence-electron chi connectivity index (χ2n) is 5.08. The molecule has 0 saturated heterocycles. The maximum atomic E-state index is 12.3. The number of hydrogen-bond acceptors (Lipinski definition) is 5. The van der Waals surface area contributed by atoms with Crippen molar-refractivity contribution < 1.29 is 22.8 Å². The summed E-state index contributed by atoms with van der Waals surface area (Å²) in [5, 5.41) is 0. The molecule has 0 unspecified atom stereocenters. The van der Waals surface area contributed by atoms with Crippen LogP contribution in [0.1, 0.15) is 41.6 Å². The summed E-state index contributed by atoms with van der Waals surface area (Å²) in [5.41, 5.74) is 0.717. The van der Waals surface area contributed by atoms with Crippen LogP contribution in [0.4, 0.5) is 0 Å². The highest BCUT2D eigenvalue weighted by molar-refractivity contribution is 7.89. The van der Waals surface area contributed by atoms with E-state index in [9.17, 15) is 13.2 Å². The molecule has 21 heavy (non-hydrogen) atoms. The Morgan fingerprint density at radius 2 is 1.95 bits per heavy atom. The highest BCUT2D eigenvalue weighted by atomic mass is 32.2. The summed E-state index contributed by atoms with van der Waals surface area (Å²) >= 11 is 0. The number of esters is 1. The van der Waals surface area contributed by atoms with Gasteiger partial charge in [-0.25, -0.2) is 13.2 Å². The van der Waals surface area contributed by atoms with Crippen molar-refractivity contribution in [2.75, 3.05) is 7.11 Å². The van der Waals surface area contributed by atoms with E-state index in [0.717, 1.165) is 25.7 Å². The van der Waals surface area contributed by atoms with Gasteiger partial charge in [0.2, 0.25) is 0 Å². The molecule has 0 spiro atoms. The summed E-state index contributed by atoms with van der Waals surface area (Å²) in [6.45, 7) is 1.66. The fourth-order valence-electron chi connectivity index (χ4n) is 2.32. The third-order valence-corrected chi connectivity index (χ3v) is 4.86. The predicted octanol–water partition coefficient (Wildman–Crippen LogP) is 1.93. The molecule has 0 aliphatic heterocycles. The van der Waals surface area contributed by atoms with Crippen LogP contribution in [0, 0.1) is 6.92 Å². The minimum atomic E-state index is -3.82. The lowest BCUT2D eigenvalue weighted by Crippen LogP contribution is -2.29. The number of carbonyl (C=O) groups is 1. The molecule has 1 aromatic carbocycles.